The van der Waals surface area contributed by atoms with Crippen molar-refractivity contribution < 1.29 is 178 Å². The van der Waals surface area contributed by atoms with Gasteiger partial charge in [0.05, 0.1) is 39.6 Å². The lowest BCUT2D eigenvalue weighted by Gasteiger charge is -2.50. The van der Waals surface area contributed by atoms with Crippen LogP contribution in [0.5, 0.6) is 0 Å². The lowest BCUT2D eigenvalue weighted by Crippen LogP contribution is -2.68. The molecule has 22 heterocycles. The van der Waals surface area contributed by atoms with E-state index >= 15 is 0 Å². The molecule has 1 aromatic heterocycles. The van der Waals surface area contributed by atoms with Crippen LogP contribution in [0.25, 0.3) is 11.3 Å². The zero-order chi connectivity index (χ0) is 64.7. The summed E-state index contributed by atoms with van der Waals surface area (Å²) in [6.07, 6.45) is -70.8. The van der Waals surface area contributed by atoms with Gasteiger partial charge < -0.3 is 178 Å². The third-order valence-corrected chi connectivity index (χ3v) is 16.9. The summed E-state index contributed by atoms with van der Waals surface area (Å²) in [5.74, 6) is -0.870. The van der Waals surface area contributed by atoms with Gasteiger partial charge in [0.2, 0.25) is 0 Å². The van der Waals surface area contributed by atoms with Gasteiger partial charge in [-0.25, -0.2) is 0 Å². The van der Waals surface area contributed by atoms with Crippen molar-refractivity contribution in [3.63, 3.8) is 0 Å². The maximum Gasteiger partial charge on any atom is 0.256 e. The van der Waals surface area contributed by atoms with Crippen molar-refractivity contribution in [3.8, 4) is 11.3 Å². The van der Waals surface area contributed by atoms with Gasteiger partial charge >= 0.3 is 0 Å². The predicted octanol–water partition coefficient (Wildman–Crippen LogP) is -13.1. The van der Waals surface area contributed by atoms with E-state index in [1.807, 2.05) is 0 Å². The van der Waals surface area contributed by atoms with Crippen LogP contribution in [0.3, 0.4) is 0 Å². The van der Waals surface area contributed by atoms with Crippen molar-refractivity contribution in [3.05, 3.63) is 42.2 Å². The molecule has 1 aromatic carbocycles. The zero-order valence-corrected chi connectivity index (χ0v) is 47.0. The number of ether oxygens (including phenoxy) is 14. The van der Waals surface area contributed by atoms with Gasteiger partial charge in [-0.3, -0.25) is 4.79 Å². The van der Waals surface area contributed by atoms with E-state index in [9.17, 15) is 107 Å². The molecule has 21 saturated heterocycles. The SMILES string of the molecule is O=C(NC[C@H]1O[C@@H]2O[C@H]3[C@H](O)[C@H](O)[C@@H](O[C@H]4[C@H](O)[C@H](O)[C@@H](O[C@H]5[C@H](O)[C@@H](O)[C@@H](O[C@H]6[C@H](O)[C@@H](O)[C@@H](O[C@H]7[C@H](O)[C@@H](O)[C@@H](O[C@H]8[C@H](O)[C@@H](O)[C@@H](O[C@H]1[C@H](O)[C@H]2O)O[C@@H]8CO)O[C@@H]7CO)O[C@@H]6CO)O[C@@H]5CO)O[C@@H]4CO)O[C@@H]3CO)c1conc1-c1ccccc1. The Morgan fingerprint density at radius 3 is 0.811 bits per heavy atom. The average molecular weight is 1310 g/mol. The summed E-state index contributed by atoms with van der Waals surface area (Å²) >= 11 is 0. The maximum atomic E-state index is 13.9. The molecule has 510 valence electrons. The van der Waals surface area contributed by atoms with Crippen molar-refractivity contribution in [2.75, 3.05) is 46.2 Å². The second kappa shape index (κ2) is 29.7. The van der Waals surface area contributed by atoms with Gasteiger partial charge in [-0.2, -0.15) is 0 Å². The van der Waals surface area contributed by atoms with E-state index in [1.165, 1.54) is 0 Å². The van der Waals surface area contributed by atoms with Crippen molar-refractivity contribution >= 4 is 5.91 Å². The van der Waals surface area contributed by atoms with E-state index in [2.05, 4.69) is 10.5 Å². The molecule has 0 radical (unpaired) electrons. The van der Waals surface area contributed by atoms with Crippen LogP contribution in [0, 0.1) is 0 Å². The summed E-state index contributed by atoms with van der Waals surface area (Å²) in [4.78, 5) is 13.9. The number of nitrogens with zero attached hydrogens (tertiary/aromatic N) is 1. The third-order valence-electron chi connectivity index (χ3n) is 16.9. The molecule has 21 aliphatic rings. The van der Waals surface area contributed by atoms with Crippen LogP contribution in [0.2, 0.25) is 0 Å². The Balaban J connectivity index is 0.950. The van der Waals surface area contributed by atoms with Gasteiger partial charge in [0.1, 0.15) is 188 Å². The van der Waals surface area contributed by atoms with Gasteiger partial charge in [-0.1, -0.05) is 35.5 Å². The highest BCUT2D eigenvalue weighted by Gasteiger charge is 2.60. The first-order valence-electron chi connectivity index (χ1n) is 28.7. The molecule has 1 amide bonds. The first-order chi connectivity index (χ1) is 43.1. The number of hydrogen-bond donors (Lipinski definition) is 21. The number of nitrogens with one attached hydrogen (secondary N) is 1. The number of hydrogen-bond acceptors (Lipinski definition) is 37. The number of rotatable bonds is 10. The number of aliphatic hydroxyl groups is 20. The molecule has 2 aromatic rings. The fourth-order valence-electron chi connectivity index (χ4n) is 11.9. The largest absolute Gasteiger partial charge is 0.394 e. The maximum absolute atomic E-state index is 13.9. The summed E-state index contributed by atoms with van der Waals surface area (Å²) in [6.45, 7) is -7.16. The van der Waals surface area contributed by atoms with Crippen LogP contribution in [-0.2, 0) is 66.3 Å². The minimum Gasteiger partial charge on any atom is -0.394 e. The van der Waals surface area contributed by atoms with Crippen LogP contribution in [0.4, 0.5) is 0 Å². The molecule has 0 spiro atoms. The summed E-state index contributed by atoms with van der Waals surface area (Å²) in [5.41, 5.74) is 0.414. The molecule has 35 atom stereocenters. The summed E-state index contributed by atoms with van der Waals surface area (Å²) < 4.78 is 86.3. The average Bonchev–Trinajstić information content (AvgIpc) is 0.938. The van der Waals surface area contributed by atoms with Crippen LogP contribution < -0.4 is 5.32 Å². The van der Waals surface area contributed by atoms with Gasteiger partial charge in [-0.05, 0) is 0 Å². The molecule has 0 aliphatic carbocycles. The minimum atomic E-state index is -2.29. The van der Waals surface area contributed by atoms with Crippen molar-refractivity contribution in [1.29, 1.82) is 0 Å². The number of aliphatic hydroxyl groups excluding tert-OH is 20. The standard InChI is InChI=1S/C52H76N2O36/c55-7-17-39-26(63)33(70)48(79-17)87-41-19(9-57)81-50(35(72)28(41)65)89-43-21(11-59)83-52(37(74)30(43)67)90-44-22(12-60)82-51(36(73)29(44)66)88-42-20(10-58)80-49(34(71)27(42)64)86-40-18(8-56)78-47(32(69)25(40)62)84-38-16(77-46(85-39)31(68)24(38)61)6-53-45(75)15-13-76-54-23(15)14-4-2-1-3-5-14/h1-5,13,16-22,24-44,46-52,55-74H,6-12H2,(H,53,75)/t16-,17-,18-,19-,20-,21-,22-,24-,25-,26-,27-,28-,29-,30-,31-,32-,33+,34-,35+,36-,37-,38-,39-,40-,41-,42-,43-,44-,46-,47-,48-,49-,50-,51-,52-/m1/s1. The Morgan fingerprint density at radius 1 is 0.333 bits per heavy atom. The van der Waals surface area contributed by atoms with Crippen molar-refractivity contribution in [2.24, 2.45) is 0 Å². The van der Waals surface area contributed by atoms with E-state index in [1.54, 1.807) is 30.3 Å². The van der Waals surface area contributed by atoms with E-state index in [0.29, 0.717) is 5.56 Å². The number of amides is 1. The smallest absolute Gasteiger partial charge is 0.256 e. The molecule has 38 heteroatoms. The monoisotopic (exact) mass is 1300 g/mol. The Hall–Kier alpha value is -3.46. The zero-order valence-electron chi connectivity index (χ0n) is 47.0. The lowest BCUT2D eigenvalue weighted by atomic mass is 9.95. The van der Waals surface area contributed by atoms with E-state index in [4.69, 9.17) is 70.8 Å². The first kappa shape index (κ1) is 69.4. The molecule has 90 heavy (non-hydrogen) atoms. The Morgan fingerprint density at radius 2 is 0.567 bits per heavy atom. The Kier molecular flexibility index (Phi) is 22.9. The normalized spacial score (nSPS) is 49.0. The molecule has 14 bridgehead atoms. The number of benzene rings is 1. The number of aromatic nitrogens is 1. The summed E-state index contributed by atoms with van der Waals surface area (Å²) in [7, 11) is 0. The van der Waals surface area contributed by atoms with Gasteiger partial charge in [-0.15, -0.1) is 0 Å². The van der Waals surface area contributed by atoms with Crippen LogP contribution in [-0.4, -0.2) is 374 Å². The van der Waals surface area contributed by atoms with Gasteiger partial charge in [0.25, 0.3) is 5.91 Å². The molecule has 21 fully saturated rings. The quantitative estimate of drug-likeness (QED) is 0.105. The molecule has 21 N–H and O–H groups in total. The van der Waals surface area contributed by atoms with Crippen molar-refractivity contribution in [2.45, 2.75) is 215 Å². The highest BCUT2D eigenvalue weighted by Crippen LogP contribution is 2.39. The van der Waals surface area contributed by atoms with E-state index in [-0.39, 0.29) is 11.3 Å². The van der Waals surface area contributed by atoms with Crippen molar-refractivity contribution in [1.82, 2.24) is 10.5 Å². The molecular weight excluding hydrogens is 1230 g/mol. The highest BCUT2D eigenvalue weighted by atomic mass is 16.8. The topological polar surface area (TPSA) is 589 Å². The molecule has 0 saturated carbocycles. The molecule has 23 rings (SSSR count). The summed E-state index contributed by atoms with van der Waals surface area (Å²) in [6, 6.07) is 8.28. The second-order valence-electron chi connectivity index (χ2n) is 22.6. The number of carbonyl (C=O) groups excluding carboxylic acids is 1. The number of carbonyl (C=O) groups is 1. The second-order valence-corrected chi connectivity index (χ2v) is 22.6. The Bertz CT molecular complexity index is 2570. The molecule has 0 unspecified atom stereocenters. The highest BCUT2D eigenvalue weighted by molar-refractivity contribution is 5.99. The van der Waals surface area contributed by atoms with Crippen LogP contribution in [0.1, 0.15) is 10.4 Å². The minimum absolute atomic E-state index is 0.0826. The Labute approximate surface area is 507 Å². The fourth-order valence-corrected chi connectivity index (χ4v) is 11.9. The summed E-state index contributed by atoms with van der Waals surface area (Å²) in [5, 5.41) is 231. The molecular formula is C52H76N2O36. The lowest BCUT2D eigenvalue weighted by molar-refractivity contribution is -0.396. The van der Waals surface area contributed by atoms with E-state index < -0.39 is 267 Å². The van der Waals surface area contributed by atoms with Crippen LogP contribution >= 0.6 is 0 Å². The molecule has 38 nitrogen and oxygen atoms in total. The molecule has 21 aliphatic heterocycles. The third kappa shape index (κ3) is 13.7. The fraction of sp³-hybridized carbons (Fsp3) is 0.808. The van der Waals surface area contributed by atoms with Gasteiger partial charge in [0.15, 0.2) is 44.0 Å². The van der Waals surface area contributed by atoms with Crippen LogP contribution in [0.15, 0.2) is 41.1 Å². The van der Waals surface area contributed by atoms with E-state index in [0.717, 1.165) is 6.26 Å². The predicted molar refractivity (Wildman–Crippen MR) is 276 cm³/mol. The van der Waals surface area contributed by atoms with Gasteiger partial charge in [0, 0.05) is 12.1 Å². The first-order valence-corrected chi connectivity index (χ1v) is 28.7.